The number of para-hydroxylation sites is 1. The molecule has 3 rings (SSSR count). The molecular weight excluding hydrogens is 264 g/mol. The van der Waals surface area contributed by atoms with Crippen molar-refractivity contribution in [2.24, 2.45) is 0 Å². The number of hydrogen-bond acceptors (Lipinski definition) is 4. The first-order chi connectivity index (χ1) is 10.3. The van der Waals surface area contributed by atoms with Gasteiger partial charge in [0.2, 0.25) is 11.9 Å². The van der Waals surface area contributed by atoms with Crippen LogP contribution in [0.1, 0.15) is 11.7 Å². The maximum atomic E-state index is 12.0. The van der Waals surface area contributed by atoms with Crippen molar-refractivity contribution in [3.63, 3.8) is 0 Å². The monoisotopic (exact) mass is 278 g/mol. The highest BCUT2D eigenvalue weighted by atomic mass is 16.2. The molecule has 0 radical (unpaired) electrons. The maximum Gasteiger partial charge on any atom is 0.236 e. The molecule has 21 heavy (non-hydrogen) atoms. The van der Waals surface area contributed by atoms with Crippen LogP contribution in [0.25, 0.3) is 11.4 Å². The number of nitrogens with zero attached hydrogens (tertiary/aromatic N) is 3. The van der Waals surface area contributed by atoms with Crippen molar-refractivity contribution >= 4 is 17.5 Å². The van der Waals surface area contributed by atoms with E-state index in [4.69, 9.17) is 0 Å². The van der Waals surface area contributed by atoms with Gasteiger partial charge in [-0.3, -0.25) is 4.79 Å². The molecule has 0 unspecified atom stereocenters. The summed E-state index contributed by atoms with van der Waals surface area (Å²) in [6, 6.07) is 19.1. The van der Waals surface area contributed by atoms with Crippen LogP contribution in [0.15, 0.2) is 60.7 Å². The van der Waals surface area contributed by atoms with Crippen LogP contribution in [0.2, 0.25) is 0 Å². The van der Waals surface area contributed by atoms with Crippen LogP contribution < -0.4 is 5.32 Å². The molecule has 0 amide bonds. The number of aromatic nitrogens is 3. The van der Waals surface area contributed by atoms with E-state index in [1.807, 2.05) is 60.7 Å². The average Bonchev–Trinajstić information content (AvgIpc) is 2.93. The molecule has 104 valence electrons. The standard InChI is InChI=1S/C16H14N4O/c1-12(21)20-15(13-8-4-2-5-9-13)18-19-16(20)17-14-10-6-3-7-11-14/h2-11H,1H3,(H,17,19). The van der Waals surface area contributed by atoms with Crippen LogP contribution >= 0.6 is 0 Å². The third-order valence-corrected chi connectivity index (χ3v) is 3.04. The second kappa shape index (κ2) is 5.58. The number of benzene rings is 2. The Balaban J connectivity index is 2.03. The molecule has 0 aliphatic rings. The molecule has 0 fully saturated rings. The Hall–Kier alpha value is -2.95. The van der Waals surface area contributed by atoms with E-state index >= 15 is 0 Å². The highest BCUT2D eigenvalue weighted by Gasteiger charge is 2.16. The van der Waals surface area contributed by atoms with E-state index in [-0.39, 0.29) is 5.91 Å². The minimum absolute atomic E-state index is 0.141. The number of nitrogens with one attached hydrogen (secondary N) is 1. The highest BCUT2D eigenvalue weighted by molar-refractivity contribution is 5.84. The zero-order valence-electron chi connectivity index (χ0n) is 11.5. The Morgan fingerprint density at radius 1 is 0.952 bits per heavy atom. The zero-order valence-corrected chi connectivity index (χ0v) is 11.5. The fourth-order valence-electron chi connectivity index (χ4n) is 2.09. The normalized spacial score (nSPS) is 10.3. The van der Waals surface area contributed by atoms with Gasteiger partial charge >= 0.3 is 0 Å². The molecule has 0 saturated carbocycles. The topological polar surface area (TPSA) is 59.8 Å². The molecule has 0 aliphatic carbocycles. The summed E-state index contributed by atoms with van der Waals surface area (Å²) in [5, 5.41) is 11.3. The van der Waals surface area contributed by atoms with Gasteiger partial charge in [0, 0.05) is 18.2 Å². The van der Waals surface area contributed by atoms with Crippen LogP contribution in [-0.2, 0) is 0 Å². The predicted molar refractivity (Wildman–Crippen MR) is 81.5 cm³/mol. The number of carbonyl (C=O) groups excluding carboxylic acids is 1. The second-order valence-electron chi connectivity index (χ2n) is 4.56. The predicted octanol–water partition coefficient (Wildman–Crippen LogP) is 3.35. The Labute approximate surface area is 122 Å². The van der Waals surface area contributed by atoms with Gasteiger partial charge in [-0.15, -0.1) is 10.2 Å². The van der Waals surface area contributed by atoms with Gasteiger partial charge in [0.1, 0.15) is 0 Å². The Morgan fingerprint density at radius 2 is 1.57 bits per heavy atom. The van der Waals surface area contributed by atoms with E-state index in [0.717, 1.165) is 11.3 Å². The average molecular weight is 278 g/mol. The van der Waals surface area contributed by atoms with Crippen molar-refractivity contribution in [1.82, 2.24) is 14.8 Å². The van der Waals surface area contributed by atoms with Gasteiger partial charge in [-0.2, -0.15) is 0 Å². The van der Waals surface area contributed by atoms with E-state index in [0.29, 0.717) is 11.8 Å². The number of hydrogen-bond donors (Lipinski definition) is 1. The molecule has 3 aromatic rings. The van der Waals surface area contributed by atoms with Gasteiger partial charge in [-0.25, -0.2) is 4.57 Å². The molecule has 0 atom stereocenters. The summed E-state index contributed by atoms with van der Waals surface area (Å²) in [4.78, 5) is 12.0. The van der Waals surface area contributed by atoms with Crippen LogP contribution in [0, 0.1) is 0 Å². The van der Waals surface area contributed by atoms with E-state index in [9.17, 15) is 4.79 Å². The molecule has 0 saturated heterocycles. The third kappa shape index (κ3) is 2.67. The first-order valence-corrected chi connectivity index (χ1v) is 6.59. The van der Waals surface area contributed by atoms with Gasteiger partial charge in [0.25, 0.3) is 0 Å². The molecule has 1 aromatic heterocycles. The van der Waals surface area contributed by atoms with E-state index < -0.39 is 0 Å². The molecule has 5 heteroatoms. The van der Waals surface area contributed by atoms with Gasteiger partial charge in [-0.05, 0) is 12.1 Å². The lowest BCUT2D eigenvalue weighted by Crippen LogP contribution is -2.11. The number of rotatable bonds is 3. The van der Waals surface area contributed by atoms with Gasteiger partial charge in [0.05, 0.1) is 0 Å². The highest BCUT2D eigenvalue weighted by Crippen LogP contribution is 2.22. The van der Waals surface area contributed by atoms with Crippen LogP contribution in [-0.4, -0.2) is 20.7 Å². The molecule has 0 bridgehead atoms. The molecule has 5 nitrogen and oxygen atoms in total. The lowest BCUT2D eigenvalue weighted by Gasteiger charge is -2.08. The van der Waals surface area contributed by atoms with Crippen molar-refractivity contribution in [2.45, 2.75) is 6.92 Å². The summed E-state index contributed by atoms with van der Waals surface area (Å²) in [6.45, 7) is 1.49. The fraction of sp³-hybridized carbons (Fsp3) is 0.0625. The van der Waals surface area contributed by atoms with Gasteiger partial charge < -0.3 is 5.32 Å². The maximum absolute atomic E-state index is 12.0. The number of carbonyl (C=O) groups is 1. The molecule has 0 aliphatic heterocycles. The summed E-state index contributed by atoms with van der Waals surface area (Å²) in [6.07, 6.45) is 0. The second-order valence-corrected chi connectivity index (χ2v) is 4.56. The van der Waals surface area contributed by atoms with Crippen molar-refractivity contribution in [3.8, 4) is 11.4 Å². The van der Waals surface area contributed by atoms with Crippen molar-refractivity contribution in [1.29, 1.82) is 0 Å². The zero-order chi connectivity index (χ0) is 14.7. The molecule has 1 N–H and O–H groups in total. The Morgan fingerprint density at radius 3 is 2.19 bits per heavy atom. The summed E-state index contributed by atoms with van der Waals surface area (Å²) in [7, 11) is 0. The summed E-state index contributed by atoms with van der Waals surface area (Å²) < 4.78 is 1.47. The summed E-state index contributed by atoms with van der Waals surface area (Å²) in [5.74, 6) is 0.798. The lowest BCUT2D eigenvalue weighted by molar-refractivity contribution is 0.0940. The minimum atomic E-state index is -0.141. The van der Waals surface area contributed by atoms with E-state index in [1.54, 1.807) is 0 Å². The van der Waals surface area contributed by atoms with Crippen molar-refractivity contribution in [3.05, 3.63) is 60.7 Å². The molecule has 1 heterocycles. The van der Waals surface area contributed by atoms with Crippen molar-refractivity contribution in [2.75, 3.05) is 5.32 Å². The molecule has 0 spiro atoms. The summed E-state index contributed by atoms with van der Waals surface area (Å²) >= 11 is 0. The van der Waals surface area contributed by atoms with Crippen molar-refractivity contribution < 1.29 is 4.79 Å². The quantitative estimate of drug-likeness (QED) is 0.798. The van der Waals surface area contributed by atoms with Crippen LogP contribution in [0.3, 0.4) is 0 Å². The largest absolute Gasteiger partial charge is 0.324 e. The van der Waals surface area contributed by atoms with Gasteiger partial charge in [-0.1, -0.05) is 48.5 Å². The summed E-state index contributed by atoms with van der Waals surface area (Å²) in [5.41, 5.74) is 1.70. The SMILES string of the molecule is CC(=O)n1c(Nc2ccccc2)nnc1-c1ccccc1. The van der Waals surface area contributed by atoms with Gasteiger partial charge in [0.15, 0.2) is 5.82 Å². The first-order valence-electron chi connectivity index (χ1n) is 6.59. The molecular formula is C16H14N4O. The van der Waals surface area contributed by atoms with E-state index in [1.165, 1.54) is 11.5 Å². The smallest absolute Gasteiger partial charge is 0.236 e. The Bertz CT molecular complexity index is 750. The minimum Gasteiger partial charge on any atom is -0.324 e. The lowest BCUT2D eigenvalue weighted by atomic mass is 10.2. The van der Waals surface area contributed by atoms with Crippen LogP contribution in [0.4, 0.5) is 11.6 Å². The Kier molecular flexibility index (Phi) is 3.47. The first kappa shape index (κ1) is 13.1. The number of anilines is 2. The van der Waals surface area contributed by atoms with Crippen LogP contribution in [0.5, 0.6) is 0 Å². The third-order valence-electron chi connectivity index (χ3n) is 3.04. The van der Waals surface area contributed by atoms with E-state index in [2.05, 4.69) is 15.5 Å². The molecule has 2 aromatic carbocycles. The fourth-order valence-corrected chi connectivity index (χ4v) is 2.09.